The summed E-state index contributed by atoms with van der Waals surface area (Å²) in [6, 6.07) is 0.224. The van der Waals surface area contributed by atoms with Crippen LogP contribution in [-0.4, -0.2) is 24.7 Å². The Balaban J connectivity index is 3.54. The Hall–Kier alpha value is -1.93. The van der Waals surface area contributed by atoms with Crippen molar-refractivity contribution in [3.05, 3.63) is 22.9 Å². The average molecular weight is 299 g/mol. The van der Waals surface area contributed by atoms with Crippen LogP contribution < -0.4 is 4.74 Å². The number of alkyl halides is 5. The predicted molar refractivity (Wildman–Crippen MR) is 56.7 cm³/mol. The fourth-order valence-electron chi connectivity index (χ4n) is 1.42. The quantitative estimate of drug-likeness (QED) is 0.632. The van der Waals surface area contributed by atoms with Crippen molar-refractivity contribution in [1.29, 1.82) is 0 Å². The second-order valence-electron chi connectivity index (χ2n) is 3.50. The predicted octanol–water partition coefficient (Wildman–Crippen LogP) is 3.22. The minimum absolute atomic E-state index is 0.173. The molecule has 0 aliphatic rings. The molecule has 0 bridgehead atoms. The van der Waals surface area contributed by atoms with Crippen LogP contribution in [0.1, 0.15) is 35.0 Å². The van der Waals surface area contributed by atoms with Crippen molar-refractivity contribution in [3.8, 4) is 5.88 Å². The van der Waals surface area contributed by atoms with Crippen LogP contribution in [0.2, 0.25) is 0 Å². The van der Waals surface area contributed by atoms with Gasteiger partial charge in [0.2, 0.25) is 5.88 Å². The molecule has 0 aliphatic heterocycles. The molecule has 4 nitrogen and oxygen atoms in total. The lowest BCUT2D eigenvalue weighted by Crippen LogP contribution is -2.16. The number of carbonyl (C=O) groups excluding carboxylic acids is 1. The van der Waals surface area contributed by atoms with Crippen molar-refractivity contribution in [3.63, 3.8) is 0 Å². The molecule has 20 heavy (non-hydrogen) atoms. The van der Waals surface area contributed by atoms with E-state index >= 15 is 0 Å². The number of carbonyl (C=O) groups is 1. The van der Waals surface area contributed by atoms with Crippen LogP contribution >= 0.6 is 0 Å². The van der Waals surface area contributed by atoms with E-state index in [4.69, 9.17) is 0 Å². The van der Waals surface area contributed by atoms with Crippen molar-refractivity contribution < 1.29 is 36.2 Å². The molecule has 0 spiro atoms. The summed E-state index contributed by atoms with van der Waals surface area (Å²) < 4.78 is 72.5. The molecule has 1 heterocycles. The van der Waals surface area contributed by atoms with Gasteiger partial charge >= 0.3 is 12.1 Å². The van der Waals surface area contributed by atoms with E-state index < -0.39 is 41.3 Å². The van der Waals surface area contributed by atoms with Crippen LogP contribution in [0.4, 0.5) is 22.0 Å². The summed E-state index contributed by atoms with van der Waals surface area (Å²) in [5, 5.41) is 0. The largest absolute Gasteiger partial charge is 0.481 e. The number of methoxy groups -OCH3 is 1. The van der Waals surface area contributed by atoms with Gasteiger partial charge in [-0.1, -0.05) is 0 Å². The van der Waals surface area contributed by atoms with Gasteiger partial charge in [0, 0.05) is 0 Å². The number of pyridine rings is 1. The number of esters is 1. The number of halogens is 5. The normalized spacial score (nSPS) is 11.6. The Kier molecular flexibility index (Phi) is 4.85. The molecule has 112 valence electrons. The molecule has 0 atom stereocenters. The maximum Gasteiger partial charge on any atom is 0.433 e. The van der Waals surface area contributed by atoms with Gasteiger partial charge < -0.3 is 9.47 Å². The van der Waals surface area contributed by atoms with Gasteiger partial charge in [0.1, 0.15) is 5.69 Å². The SMILES string of the molecule is CCOC(=O)c1cc(C(F)(F)F)nc(OC)c1C(F)F. The molecule has 0 unspecified atom stereocenters. The van der Waals surface area contributed by atoms with Crippen LogP contribution in [0.15, 0.2) is 6.07 Å². The molecule has 0 aromatic carbocycles. The number of rotatable bonds is 4. The zero-order valence-electron chi connectivity index (χ0n) is 10.4. The number of hydrogen-bond donors (Lipinski definition) is 0. The fourth-order valence-corrected chi connectivity index (χ4v) is 1.42. The zero-order chi connectivity index (χ0) is 15.5. The summed E-state index contributed by atoms with van der Waals surface area (Å²) in [4.78, 5) is 14.5. The first-order valence-electron chi connectivity index (χ1n) is 5.33. The third kappa shape index (κ3) is 3.34. The summed E-state index contributed by atoms with van der Waals surface area (Å²) in [6.45, 7) is 1.22. The highest BCUT2D eigenvalue weighted by Gasteiger charge is 2.37. The van der Waals surface area contributed by atoms with E-state index in [1.807, 2.05) is 0 Å². The average Bonchev–Trinajstić information content (AvgIpc) is 2.36. The van der Waals surface area contributed by atoms with Gasteiger partial charge in [0.15, 0.2) is 0 Å². The van der Waals surface area contributed by atoms with E-state index in [9.17, 15) is 26.7 Å². The summed E-state index contributed by atoms with van der Waals surface area (Å²) >= 11 is 0. The Morgan fingerprint density at radius 1 is 1.40 bits per heavy atom. The number of aromatic nitrogens is 1. The van der Waals surface area contributed by atoms with Crippen molar-refractivity contribution in [2.75, 3.05) is 13.7 Å². The van der Waals surface area contributed by atoms with Gasteiger partial charge in [-0.25, -0.2) is 18.6 Å². The van der Waals surface area contributed by atoms with Crippen LogP contribution in [0.25, 0.3) is 0 Å². The maximum absolute atomic E-state index is 12.9. The third-order valence-corrected chi connectivity index (χ3v) is 2.22. The summed E-state index contributed by atoms with van der Waals surface area (Å²) in [5.41, 5.74) is -3.46. The number of ether oxygens (including phenoxy) is 2. The summed E-state index contributed by atoms with van der Waals surface area (Å²) in [6.07, 6.45) is -8.14. The molecule has 1 aromatic heterocycles. The van der Waals surface area contributed by atoms with Crippen LogP contribution in [0.3, 0.4) is 0 Å². The van der Waals surface area contributed by atoms with E-state index in [0.29, 0.717) is 0 Å². The van der Waals surface area contributed by atoms with Gasteiger partial charge in [-0.15, -0.1) is 0 Å². The first kappa shape index (κ1) is 16.1. The molecule has 0 saturated carbocycles. The molecule has 1 aromatic rings. The highest BCUT2D eigenvalue weighted by molar-refractivity contribution is 5.92. The van der Waals surface area contributed by atoms with Gasteiger partial charge in [0.25, 0.3) is 6.43 Å². The van der Waals surface area contributed by atoms with Crippen LogP contribution in [0.5, 0.6) is 5.88 Å². The molecule has 0 aliphatic carbocycles. The molecule has 0 N–H and O–H groups in total. The van der Waals surface area contributed by atoms with Crippen molar-refractivity contribution in [1.82, 2.24) is 4.98 Å². The topological polar surface area (TPSA) is 48.4 Å². The lowest BCUT2D eigenvalue weighted by Gasteiger charge is -2.15. The first-order chi connectivity index (χ1) is 9.22. The maximum atomic E-state index is 12.9. The molecule has 0 fully saturated rings. The Morgan fingerprint density at radius 2 is 2.00 bits per heavy atom. The van der Waals surface area contributed by atoms with E-state index in [1.54, 1.807) is 0 Å². The third-order valence-electron chi connectivity index (χ3n) is 2.22. The minimum Gasteiger partial charge on any atom is -0.481 e. The lowest BCUT2D eigenvalue weighted by molar-refractivity contribution is -0.141. The standard InChI is InChI=1S/C11H10F5NO3/c1-3-20-10(18)5-4-6(11(14,15)16)17-9(19-2)7(5)8(12)13/h4,8H,3H2,1-2H3. The molecule has 9 heteroatoms. The highest BCUT2D eigenvalue weighted by atomic mass is 19.4. The van der Waals surface area contributed by atoms with Crippen molar-refractivity contribution in [2.24, 2.45) is 0 Å². The van der Waals surface area contributed by atoms with Crippen molar-refractivity contribution >= 4 is 5.97 Å². The monoisotopic (exact) mass is 299 g/mol. The van der Waals surface area contributed by atoms with Crippen molar-refractivity contribution in [2.45, 2.75) is 19.5 Å². The molecule has 0 saturated heterocycles. The van der Waals surface area contributed by atoms with Gasteiger partial charge in [-0.05, 0) is 13.0 Å². The summed E-state index contributed by atoms with van der Waals surface area (Å²) in [7, 11) is 0.878. The zero-order valence-corrected chi connectivity index (χ0v) is 10.4. The van der Waals surface area contributed by atoms with Gasteiger partial charge in [-0.3, -0.25) is 0 Å². The highest BCUT2D eigenvalue weighted by Crippen LogP contribution is 2.36. The molecule has 1 rings (SSSR count). The molecular weight excluding hydrogens is 289 g/mol. The van der Waals surface area contributed by atoms with E-state index in [2.05, 4.69) is 14.5 Å². The van der Waals surface area contributed by atoms with Crippen LogP contribution in [-0.2, 0) is 10.9 Å². The van der Waals surface area contributed by atoms with E-state index in [1.165, 1.54) is 6.92 Å². The second-order valence-corrected chi connectivity index (χ2v) is 3.50. The van der Waals surface area contributed by atoms with Gasteiger partial charge in [-0.2, -0.15) is 13.2 Å². The Bertz CT molecular complexity index is 502. The van der Waals surface area contributed by atoms with E-state index in [-0.39, 0.29) is 12.7 Å². The smallest absolute Gasteiger partial charge is 0.433 e. The Labute approximate surface area is 110 Å². The second kappa shape index (κ2) is 6.02. The van der Waals surface area contributed by atoms with Crippen LogP contribution in [0, 0.1) is 0 Å². The molecule has 0 amide bonds. The lowest BCUT2D eigenvalue weighted by atomic mass is 10.1. The molecule has 0 radical (unpaired) electrons. The molecular formula is C11H10F5NO3. The first-order valence-corrected chi connectivity index (χ1v) is 5.33. The van der Waals surface area contributed by atoms with E-state index in [0.717, 1.165) is 7.11 Å². The fraction of sp³-hybridized carbons (Fsp3) is 0.455. The Morgan fingerprint density at radius 3 is 2.40 bits per heavy atom. The van der Waals surface area contributed by atoms with Gasteiger partial charge in [0.05, 0.1) is 24.8 Å². The minimum atomic E-state index is -4.91. The summed E-state index contributed by atoms with van der Waals surface area (Å²) in [5.74, 6) is -2.26. The number of hydrogen-bond acceptors (Lipinski definition) is 4. The number of nitrogens with zero attached hydrogens (tertiary/aromatic N) is 1.